The molecule has 3 aromatic carbocycles. The van der Waals surface area contributed by atoms with Gasteiger partial charge in [0.05, 0.1) is 6.61 Å². The number of aryl methyl sites for hydroxylation is 1. The summed E-state index contributed by atoms with van der Waals surface area (Å²) in [6.07, 6.45) is 6.16. The van der Waals surface area contributed by atoms with Crippen LogP contribution in [0, 0.1) is 5.82 Å². The summed E-state index contributed by atoms with van der Waals surface area (Å²) in [7, 11) is 0. The van der Waals surface area contributed by atoms with Crippen LogP contribution in [0.15, 0.2) is 79.0 Å². The van der Waals surface area contributed by atoms with Crippen LogP contribution in [0.2, 0.25) is 0 Å². The van der Waals surface area contributed by atoms with E-state index in [-0.39, 0.29) is 31.0 Å². The topological polar surface area (TPSA) is 66.6 Å². The molecule has 0 radical (unpaired) electrons. The average Bonchev–Trinajstić information content (AvgIpc) is 3.58. The Kier molecular flexibility index (Phi) is 9.25. The van der Waals surface area contributed by atoms with Gasteiger partial charge < -0.3 is 19.8 Å². The number of aromatic nitrogens is 1. The molecule has 6 nitrogen and oxygen atoms in total. The monoisotopic (exact) mass is 529 g/mol. The van der Waals surface area contributed by atoms with E-state index in [0.717, 1.165) is 56.6 Å². The van der Waals surface area contributed by atoms with Crippen LogP contribution in [0.25, 0.3) is 10.9 Å². The van der Waals surface area contributed by atoms with Crippen LogP contribution in [0.1, 0.15) is 29.5 Å². The molecular formula is C32H36FN3O3. The highest BCUT2D eigenvalue weighted by Crippen LogP contribution is 2.22. The second-order valence-electron chi connectivity index (χ2n) is 10.2. The number of carbonyl (C=O) groups is 1. The first-order valence-electron chi connectivity index (χ1n) is 13.7. The molecule has 1 atom stereocenters. The zero-order valence-corrected chi connectivity index (χ0v) is 22.2. The highest BCUT2D eigenvalue weighted by molar-refractivity contribution is 5.83. The third-order valence-electron chi connectivity index (χ3n) is 7.21. The molecule has 1 fully saturated rings. The molecule has 0 bridgehead atoms. The first kappa shape index (κ1) is 26.9. The number of ether oxygens (including phenoxy) is 2. The molecule has 0 aliphatic carbocycles. The Morgan fingerprint density at radius 2 is 1.79 bits per heavy atom. The fourth-order valence-electron chi connectivity index (χ4n) is 5.05. The van der Waals surface area contributed by atoms with E-state index >= 15 is 0 Å². The van der Waals surface area contributed by atoms with E-state index in [4.69, 9.17) is 9.47 Å². The number of rotatable bonds is 13. The summed E-state index contributed by atoms with van der Waals surface area (Å²) in [5.41, 5.74) is 4.63. The fraction of sp³-hybridized carbons (Fsp3) is 0.344. The summed E-state index contributed by atoms with van der Waals surface area (Å²) in [6, 6.07) is 22.8. The molecule has 0 unspecified atom stereocenters. The molecule has 39 heavy (non-hydrogen) atoms. The van der Waals surface area contributed by atoms with Crippen molar-refractivity contribution in [2.75, 3.05) is 32.8 Å². The van der Waals surface area contributed by atoms with Crippen LogP contribution >= 0.6 is 0 Å². The van der Waals surface area contributed by atoms with Gasteiger partial charge in [-0.05, 0) is 72.7 Å². The van der Waals surface area contributed by atoms with Crippen molar-refractivity contribution < 1.29 is 18.7 Å². The zero-order valence-electron chi connectivity index (χ0n) is 22.2. The van der Waals surface area contributed by atoms with Crippen LogP contribution in [0.3, 0.4) is 0 Å². The number of likely N-dealkylation sites (tertiary alicyclic amines) is 1. The largest absolute Gasteiger partial charge is 0.489 e. The number of fused-ring (bicyclic) bond motifs is 1. The van der Waals surface area contributed by atoms with E-state index in [1.807, 2.05) is 12.1 Å². The average molecular weight is 530 g/mol. The van der Waals surface area contributed by atoms with Crippen LogP contribution in [0.4, 0.5) is 4.39 Å². The predicted molar refractivity (Wildman–Crippen MR) is 151 cm³/mol. The number of carbonyl (C=O) groups excluding carboxylic acids is 1. The number of benzene rings is 3. The van der Waals surface area contributed by atoms with Gasteiger partial charge >= 0.3 is 0 Å². The van der Waals surface area contributed by atoms with E-state index in [0.29, 0.717) is 6.54 Å². The minimum atomic E-state index is -0.285. The third kappa shape index (κ3) is 7.91. The molecule has 0 saturated carbocycles. The molecule has 1 aromatic heterocycles. The van der Waals surface area contributed by atoms with Crippen molar-refractivity contribution in [1.82, 2.24) is 15.2 Å². The normalized spacial score (nSPS) is 15.6. The number of hydrogen-bond acceptors (Lipinski definition) is 4. The zero-order chi connectivity index (χ0) is 26.9. The highest BCUT2D eigenvalue weighted by atomic mass is 19.1. The Balaban J connectivity index is 0.951. The van der Waals surface area contributed by atoms with Gasteiger partial charge in [0.2, 0.25) is 5.91 Å². The molecule has 2 N–H and O–H groups in total. The molecule has 7 heteroatoms. The van der Waals surface area contributed by atoms with Crippen molar-refractivity contribution >= 4 is 16.8 Å². The first-order valence-corrected chi connectivity index (χ1v) is 13.7. The Morgan fingerprint density at radius 1 is 1.00 bits per heavy atom. The number of halogens is 1. The molecule has 1 saturated heterocycles. The van der Waals surface area contributed by atoms with E-state index < -0.39 is 0 Å². The fourth-order valence-corrected chi connectivity index (χ4v) is 5.05. The van der Waals surface area contributed by atoms with Crippen molar-refractivity contribution in [3.8, 4) is 5.75 Å². The minimum absolute atomic E-state index is 0.00889. The quantitative estimate of drug-likeness (QED) is 0.232. The molecule has 1 aliphatic rings. The van der Waals surface area contributed by atoms with Gasteiger partial charge in [-0.1, -0.05) is 42.5 Å². The van der Waals surface area contributed by atoms with Crippen molar-refractivity contribution in [2.24, 2.45) is 0 Å². The maximum atomic E-state index is 12.9. The highest BCUT2D eigenvalue weighted by Gasteiger charge is 2.24. The Labute approximate surface area is 229 Å². The molecule has 204 valence electrons. The summed E-state index contributed by atoms with van der Waals surface area (Å²) in [5, 5.41) is 4.20. The maximum Gasteiger partial charge on any atom is 0.246 e. The lowest BCUT2D eigenvalue weighted by atomic mass is 10.1. The minimum Gasteiger partial charge on any atom is -0.489 e. The molecule has 4 aromatic rings. The number of nitrogens with zero attached hydrogens (tertiary/aromatic N) is 1. The summed E-state index contributed by atoms with van der Waals surface area (Å²) < 4.78 is 24.6. The van der Waals surface area contributed by atoms with E-state index in [1.165, 1.54) is 34.2 Å². The molecule has 5 rings (SSSR count). The molecule has 2 heterocycles. The molecule has 1 amide bonds. The lowest BCUT2D eigenvalue weighted by Gasteiger charge is -2.17. The number of hydrogen-bond donors (Lipinski definition) is 2. The number of aromatic amines is 1. The Bertz CT molecular complexity index is 1340. The SMILES string of the molecule is O=C(COCc1ccc(F)cc1)NCCCc1ccc(O[C@H]2CCN(CCc3c[nH]c4ccccc34)C2)cc1. The number of nitrogens with one attached hydrogen (secondary N) is 2. The van der Waals surface area contributed by atoms with Crippen LogP contribution < -0.4 is 10.1 Å². The van der Waals surface area contributed by atoms with E-state index in [9.17, 15) is 9.18 Å². The second kappa shape index (κ2) is 13.4. The van der Waals surface area contributed by atoms with Crippen LogP contribution in [-0.4, -0.2) is 54.7 Å². The standard InChI is InChI=1S/C32H36FN3O3/c33-27-11-7-25(8-12-27)22-38-23-32(37)34-17-3-4-24-9-13-28(14-10-24)39-29-16-19-36(21-29)18-15-26-20-35-31-6-2-1-5-30(26)31/h1-2,5-14,20,29,35H,3-4,15-19,21-23H2,(H,34,37)/t29-/m0/s1. The van der Waals surface area contributed by atoms with Crippen LogP contribution in [0.5, 0.6) is 5.75 Å². The van der Waals surface area contributed by atoms with E-state index in [1.54, 1.807) is 12.1 Å². The molecular weight excluding hydrogens is 493 g/mol. The number of amides is 1. The lowest BCUT2D eigenvalue weighted by Crippen LogP contribution is -2.28. The van der Waals surface area contributed by atoms with Crippen LogP contribution in [-0.2, 0) is 29.0 Å². The van der Waals surface area contributed by atoms with Gasteiger partial charge in [-0.25, -0.2) is 4.39 Å². The maximum absolute atomic E-state index is 12.9. The van der Waals surface area contributed by atoms with Gasteiger partial charge in [0, 0.05) is 43.3 Å². The van der Waals surface area contributed by atoms with Gasteiger partial charge in [0.15, 0.2) is 0 Å². The first-order chi connectivity index (χ1) is 19.1. The Hall–Kier alpha value is -3.68. The van der Waals surface area contributed by atoms with Gasteiger partial charge in [0.25, 0.3) is 0 Å². The third-order valence-corrected chi connectivity index (χ3v) is 7.21. The second-order valence-corrected chi connectivity index (χ2v) is 10.2. The van der Waals surface area contributed by atoms with Gasteiger partial charge in [-0.2, -0.15) is 0 Å². The van der Waals surface area contributed by atoms with Crippen molar-refractivity contribution in [3.63, 3.8) is 0 Å². The van der Waals surface area contributed by atoms with Crippen molar-refractivity contribution in [3.05, 3.63) is 102 Å². The summed E-state index contributed by atoms with van der Waals surface area (Å²) in [4.78, 5) is 17.8. The number of H-pyrrole nitrogens is 1. The van der Waals surface area contributed by atoms with Crippen molar-refractivity contribution in [1.29, 1.82) is 0 Å². The van der Waals surface area contributed by atoms with Gasteiger partial charge in [-0.3, -0.25) is 9.69 Å². The number of para-hydroxylation sites is 1. The smallest absolute Gasteiger partial charge is 0.246 e. The molecule has 0 spiro atoms. The van der Waals surface area contributed by atoms with E-state index in [2.05, 4.69) is 57.8 Å². The summed E-state index contributed by atoms with van der Waals surface area (Å²) in [6.45, 7) is 3.92. The summed E-state index contributed by atoms with van der Waals surface area (Å²) in [5.74, 6) is 0.481. The van der Waals surface area contributed by atoms with Gasteiger partial charge in [0.1, 0.15) is 24.3 Å². The summed E-state index contributed by atoms with van der Waals surface area (Å²) >= 11 is 0. The lowest BCUT2D eigenvalue weighted by molar-refractivity contribution is -0.126. The Morgan fingerprint density at radius 3 is 2.64 bits per heavy atom. The van der Waals surface area contributed by atoms with Crippen molar-refractivity contribution in [2.45, 2.75) is 38.4 Å². The predicted octanol–water partition coefficient (Wildman–Crippen LogP) is 5.27. The van der Waals surface area contributed by atoms with Gasteiger partial charge in [-0.15, -0.1) is 0 Å². The molecule has 1 aliphatic heterocycles.